The Kier molecular flexibility index (Phi) is 4.61. The molecule has 0 radical (unpaired) electrons. The number of hydrogen-bond acceptors (Lipinski definition) is 3. The molecule has 0 aliphatic carbocycles. The fourth-order valence-electron chi connectivity index (χ4n) is 2.30. The summed E-state index contributed by atoms with van der Waals surface area (Å²) in [6.07, 6.45) is 0.636. The van der Waals surface area contributed by atoms with Crippen molar-refractivity contribution < 1.29 is 9.59 Å². The first-order valence-electron chi connectivity index (χ1n) is 6.88. The van der Waals surface area contributed by atoms with Gasteiger partial charge in [-0.15, -0.1) is 0 Å². The monoisotopic (exact) mass is 285 g/mol. The summed E-state index contributed by atoms with van der Waals surface area (Å²) in [5.41, 5.74) is 7.51. The van der Waals surface area contributed by atoms with Gasteiger partial charge in [0.2, 0.25) is 5.91 Å². The molecule has 21 heavy (non-hydrogen) atoms. The van der Waals surface area contributed by atoms with Gasteiger partial charge < -0.3 is 16.0 Å². The Morgan fingerprint density at radius 3 is 2.90 bits per heavy atom. The average Bonchev–Trinajstić information content (AvgIpc) is 2.77. The molecule has 110 valence electrons. The van der Waals surface area contributed by atoms with Crippen LogP contribution in [-0.4, -0.2) is 42.9 Å². The van der Waals surface area contributed by atoms with E-state index in [1.165, 1.54) is 0 Å². The lowest BCUT2D eigenvalue weighted by molar-refractivity contribution is -0.128. The van der Waals surface area contributed by atoms with Gasteiger partial charge in [-0.25, -0.2) is 0 Å². The minimum atomic E-state index is -0.445. The molecule has 1 aromatic rings. The smallest absolute Gasteiger partial charge is 0.253 e. The maximum absolute atomic E-state index is 12.4. The molecule has 1 fully saturated rings. The number of benzene rings is 1. The molecule has 2 amide bonds. The van der Waals surface area contributed by atoms with Gasteiger partial charge in [0.1, 0.15) is 6.04 Å². The lowest BCUT2D eigenvalue weighted by atomic mass is 10.0. The molecule has 3 N–H and O–H groups in total. The first-order chi connectivity index (χ1) is 10.0. The number of aryl methyl sites for hydroxylation is 1. The quantitative estimate of drug-likeness (QED) is 0.766. The molecular weight excluding hydrogens is 266 g/mol. The highest BCUT2D eigenvalue weighted by Gasteiger charge is 2.30. The Bertz CT molecular complexity index is 628. The minimum Gasteiger partial charge on any atom is -0.344 e. The molecule has 0 spiro atoms. The molecule has 5 heteroatoms. The van der Waals surface area contributed by atoms with E-state index in [9.17, 15) is 9.59 Å². The van der Waals surface area contributed by atoms with Crippen molar-refractivity contribution in [3.63, 3.8) is 0 Å². The number of carbonyl (C=O) groups excluding carboxylic acids is 2. The zero-order valence-corrected chi connectivity index (χ0v) is 12.3. The number of likely N-dealkylation sites (tertiary alicyclic amines) is 1. The van der Waals surface area contributed by atoms with Gasteiger partial charge in [-0.05, 0) is 31.0 Å². The predicted molar refractivity (Wildman–Crippen MR) is 80.6 cm³/mol. The summed E-state index contributed by atoms with van der Waals surface area (Å²) < 4.78 is 0. The minimum absolute atomic E-state index is 0.0509. The molecule has 1 aliphatic rings. The Morgan fingerprint density at radius 2 is 2.29 bits per heavy atom. The molecule has 1 unspecified atom stereocenters. The second kappa shape index (κ2) is 6.42. The van der Waals surface area contributed by atoms with Crippen LogP contribution in [0.1, 0.15) is 27.9 Å². The van der Waals surface area contributed by atoms with Crippen molar-refractivity contribution in [1.29, 1.82) is 0 Å². The normalized spacial score (nSPS) is 17.4. The molecule has 1 atom stereocenters. The van der Waals surface area contributed by atoms with E-state index in [-0.39, 0.29) is 18.4 Å². The van der Waals surface area contributed by atoms with Crippen LogP contribution in [0.4, 0.5) is 0 Å². The summed E-state index contributed by atoms with van der Waals surface area (Å²) in [5.74, 6) is 5.34. The van der Waals surface area contributed by atoms with Gasteiger partial charge in [0, 0.05) is 19.2 Å². The van der Waals surface area contributed by atoms with Crippen LogP contribution < -0.4 is 11.1 Å². The van der Waals surface area contributed by atoms with Crippen LogP contribution in [0.3, 0.4) is 0 Å². The Balaban J connectivity index is 2.21. The van der Waals surface area contributed by atoms with Crippen molar-refractivity contribution in [1.82, 2.24) is 10.2 Å². The van der Waals surface area contributed by atoms with E-state index in [1.54, 1.807) is 18.0 Å². The number of hydrogen-bond donors (Lipinski definition) is 2. The van der Waals surface area contributed by atoms with Gasteiger partial charge in [0.05, 0.1) is 12.1 Å². The van der Waals surface area contributed by atoms with Gasteiger partial charge in [0.15, 0.2) is 0 Å². The number of nitrogens with two attached hydrogens (primary N) is 1. The van der Waals surface area contributed by atoms with E-state index in [0.29, 0.717) is 24.1 Å². The first-order valence-corrected chi connectivity index (χ1v) is 6.88. The van der Waals surface area contributed by atoms with Gasteiger partial charge in [-0.1, -0.05) is 17.9 Å². The highest BCUT2D eigenvalue weighted by molar-refractivity contribution is 5.99. The van der Waals surface area contributed by atoms with Gasteiger partial charge in [0.25, 0.3) is 5.91 Å². The van der Waals surface area contributed by atoms with E-state index in [0.717, 1.165) is 5.56 Å². The zero-order valence-electron chi connectivity index (χ0n) is 12.3. The van der Waals surface area contributed by atoms with Crippen LogP contribution in [0.5, 0.6) is 0 Å². The molecule has 0 bridgehead atoms. The Hall–Kier alpha value is -2.32. The fourth-order valence-corrected chi connectivity index (χ4v) is 2.30. The van der Waals surface area contributed by atoms with E-state index in [1.807, 2.05) is 19.1 Å². The second-order valence-electron chi connectivity index (χ2n) is 5.13. The lowest BCUT2D eigenvalue weighted by Gasteiger charge is -2.13. The number of carbonyl (C=O) groups is 2. The largest absolute Gasteiger partial charge is 0.344 e. The Morgan fingerprint density at radius 1 is 1.52 bits per heavy atom. The van der Waals surface area contributed by atoms with E-state index < -0.39 is 6.04 Å². The fraction of sp³-hybridized carbons (Fsp3) is 0.375. The molecule has 2 rings (SSSR count). The third-order valence-electron chi connectivity index (χ3n) is 3.48. The van der Waals surface area contributed by atoms with Gasteiger partial charge in [-0.2, -0.15) is 0 Å². The molecule has 1 saturated heterocycles. The highest BCUT2D eigenvalue weighted by Crippen LogP contribution is 2.13. The second-order valence-corrected chi connectivity index (χ2v) is 5.13. The van der Waals surface area contributed by atoms with Crippen LogP contribution in [0.15, 0.2) is 18.2 Å². The zero-order chi connectivity index (χ0) is 15.4. The molecule has 1 aliphatic heterocycles. The molecular formula is C16H19N3O2. The predicted octanol–water partition coefficient (Wildman–Crippen LogP) is 0.266. The van der Waals surface area contributed by atoms with E-state index in [2.05, 4.69) is 17.2 Å². The van der Waals surface area contributed by atoms with Crippen molar-refractivity contribution in [3.05, 3.63) is 34.9 Å². The molecule has 5 nitrogen and oxygen atoms in total. The third kappa shape index (κ3) is 3.41. The molecule has 1 aromatic carbocycles. The van der Waals surface area contributed by atoms with Crippen molar-refractivity contribution >= 4 is 11.8 Å². The molecule has 0 aromatic heterocycles. The first kappa shape index (κ1) is 15.1. The standard InChI is InChI=1S/C16H19N3O2/c1-11-5-6-13(12(10-11)4-3-8-17)15(20)18-14-7-9-19(2)16(14)21/h5-6,10,14H,7-9,17H2,1-2H3,(H,18,20). The highest BCUT2D eigenvalue weighted by atomic mass is 16.2. The van der Waals surface area contributed by atoms with Gasteiger partial charge in [-0.3, -0.25) is 9.59 Å². The van der Waals surface area contributed by atoms with Crippen LogP contribution in [0.2, 0.25) is 0 Å². The third-order valence-corrected chi connectivity index (χ3v) is 3.48. The molecule has 0 saturated carbocycles. The van der Waals surface area contributed by atoms with Crippen LogP contribution in [0, 0.1) is 18.8 Å². The Labute approximate surface area is 124 Å². The maximum atomic E-state index is 12.4. The van der Waals surface area contributed by atoms with Gasteiger partial charge >= 0.3 is 0 Å². The van der Waals surface area contributed by atoms with Crippen LogP contribution >= 0.6 is 0 Å². The summed E-state index contributed by atoms with van der Waals surface area (Å²) >= 11 is 0. The van der Waals surface area contributed by atoms with E-state index in [4.69, 9.17) is 5.73 Å². The lowest BCUT2D eigenvalue weighted by Crippen LogP contribution is -2.40. The van der Waals surface area contributed by atoms with Crippen LogP contribution in [-0.2, 0) is 4.79 Å². The molecule has 1 heterocycles. The van der Waals surface area contributed by atoms with Crippen LogP contribution in [0.25, 0.3) is 0 Å². The maximum Gasteiger partial charge on any atom is 0.253 e. The number of likely N-dealkylation sites (N-methyl/N-ethyl adjacent to an activating group) is 1. The number of nitrogens with one attached hydrogen (secondary N) is 1. The van der Waals surface area contributed by atoms with E-state index >= 15 is 0 Å². The van der Waals surface area contributed by atoms with Crippen molar-refractivity contribution in [2.24, 2.45) is 5.73 Å². The summed E-state index contributed by atoms with van der Waals surface area (Å²) in [7, 11) is 1.73. The van der Waals surface area contributed by atoms with Crippen molar-refractivity contribution in [3.8, 4) is 11.8 Å². The topological polar surface area (TPSA) is 75.4 Å². The SMILES string of the molecule is Cc1ccc(C(=O)NC2CCN(C)C2=O)c(C#CCN)c1. The van der Waals surface area contributed by atoms with Crippen molar-refractivity contribution in [2.75, 3.05) is 20.1 Å². The van der Waals surface area contributed by atoms with Crippen molar-refractivity contribution in [2.45, 2.75) is 19.4 Å². The summed E-state index contributed by atoms with van der Waals surface area (Å²) in [6, 6.07) is 4.98. The summed E-state index contributed by atoms with van der Waals surface area (Å²) in [6.45, 7) is 2.84. The number of amides is 2. The average molecular weight is 285 g/mol. The summed E-state index contributed by atoms with van der Waals surface area (Å²) in [4.78, 5) is 25.8. The number of rotatable bonds is 2. The summed E-state index contributed by atoms with van der Waals surface area (Å²) in [5, 5.41) is 2.78. The number of nitrogens with zero attached hydrogens (tertiary/aromatic N) is 1.